The quantitative estimate of drug-likeness (QED) is 0.377. The number of halogens is 2. The van der Waals surface area contributed by atoms with E-state index in [9.17, 15) is 4.79 Å². The molecule has 0 heterocycles. The summed E-state index contributed by atoms with van der Waals surface area (Å²) in [5.74, 6) is 0. The Kier molecular flexibility index (Phi) is 17.1. The number of carbonyl (C=O) groups excluding carboxylic acids is 1. The van der Waals surface area contributed by atoms with Gasteiger partial charge in [0, 0.05) is 14.1 Å². The van der Waals surface area contributed by atoms with Crippen LogP contribution >= 0.6 is 40.7 Å². The Labute approximate surface area is 78.4 Å². The van der Waals surface area contributed by atoms with E-state index >= 15 is 0 Å². The Balaban J connectivity index is 0. The summed E-state index contributed by atoms with van der Waals surface area (Å²) in [6, 6.07) is 0. The number of amides is 1. The Morgan fingerprint density at radius 3 is 1.62 bits per heavy atom. The molecular weight excluding hydrogens is 383 g/mol. The van der Waals surface area contributed by atoms with Gasteiger partial charge in [-0.3, -0.25) is 4.79 Å². The first kappa shape index (κ1) is 12.2. The molecule has 0 saturated carbocycles. The van der Waals surface area contributed by atoms with E-state index in [0.29, 0.717) is 0 Å². The van der Waals surface area contributed by atoms with Crippen molar-refractivity contribution in [3.63, 3.8) is 0 Å². The summed E-state index contributed by atoms with van der Waals surface area (Å²) in [4.78, 5) is 10.9. The normalized spacial score (nSPS) is 7.00. The standard InChI is InChI=1S/C3H7NO.Cu.2HI/c1-4(2)3-5;;;/h3H,1-2H3;;2*1H/q;+2;;/p-2. The zero-order chi connectivity index (χ0) is 6.99. The molecule has 0 aliphatic rings. The van der Waals surface area contributed by atoms with Gasteiger partial charge in [-0.05, 0) is 0 Å². The van der Waals surface area contributed by atoms with Crippen LogP contribution in [0, 0.1) is 0 Å². The second-order valence-electron chi connectivity index (χ2n) is 1.11. The Bertz CT molecular complexity index is 52.5. The molecule has 0 atom stereocenters. The van der Waals surface area contributed by atoms with Gasteiger partial charge in [-0.25, -0.2) is 0 Å². The van der Waals surface area contributed by atoms with Gasteiger partial charge >= 0.3 is 49.1 Å². The van der Waals surface area contributed by atoms with E-state index in [2.05, 4.69) is 40.7 Å². The maximum atomic E-state index is 9.43. The van der Waals surface area contributed by atoms with Crippen molar-refractivity contribution in [2.75, 3.05) is 14.1 Å². The van der Waals surface area contributed by atoms with Crippen LogP contribution in [0.1, 0.15) is 0 Å². The van der Waals surface area contributed by atoms with Crippen molar-refractivity contribution in [1.29, 1.82) is 0 Å². The zero-order valence-electron chi connectivity index (χ0n) is 4.49. The zero-order valence-corrected chi connectivity index (χ0v) is 9.75. The van der Waals surface area contributed by atoms with Crippen LogP contribution in [0.25, 0.3) is 0 Å². The van der Waals surface area contributed by atoms with E-state index in [1.54, 1.807) is 22.6 Å². The van der Waals surface area contributed by atoms with Gasteiger partial charge < -0.3 is 4.90 Å². The first-order valence-electron chi connectivity index (χ1n) is 1.62. The third-order valence-corrected chi connectivity index (χ3v) is 0.211. The molecule has 0 radical (unpaired) electrons. The summed E-state index contributed by atoms with van der Waals surface area (Å²) >= 11 is 4.36. The molecule has 2 nitrogen and oxygen atoms in total. The molecule has 0 aliphatic heterocycles. The van der Waals surface area contributed by atoms with E-state index in [1.807, 2.05) is 0 Å². The fraction of sp³-hybridized carbons (Fsp3) is 0.667. The number of rotatable bonds is 1. The van der Waals surface area contributed by atoms with E-state index in [0.717, 1.165) is 6.41 Å². The van der Waals surface area contributed by atoms with Crippen molar-refractivity contribution in [3.05, 3.63) is 0 Å². The van der Waals surface area contributed by atoms with Crippen LogP contribution in [0.5, 0.6) is 0 Å². The van der Waals surface area contributed by atoms with E-state index < -0.39 is 0 Å². The molecular formula is C3H7CuI2NO. The van der Waals surface area contributed by atoms with Crippen molar-refractivity contribution < 1.29 is 13.3 Å². The molecule has 0 aliphatic carbocycles. The van der Waals surface area contributed by atoms with E-state index in [4.69, 9.17) is 0 Å². The maximum absolute atomic E-state index is 9.43. The van der Waals surface area contributed by atoms with Crippen LogP contribution in [-0.2, 0) is 13.3 Å². The topological polar surface area (TPSA) is 20.3 Å². The summed E-state index contributed by atoms with van der Waals surface area (Å²) in [6.45, 7) is 0. The van der Waals surface area contributed by atoms with Gasteiger partial charge in [0.05, 0.1) is 0 Å². The molecule has 0 unspecified atom stereocenters. The Morgan fingerprint density at radius 2 is 1.62 bits per heavy atom. The molecule has 0 N–H and O–H groups in total. The molecule has 0 aromatic rings. The summed E-state index contributed by atoms with van der Waals surface area (Å²) in [7, 11) is 5.13. The molecule has 0 saturated heterocycles. The van der Waals surface area contributed by atoms with Gasteiger partial charge in [0.2, 0.25) is 6.41 Å². The van der Waals surface area contributed by atoms with Gasteiger partial charge in [-0.15, -0.1) is 0 Å². The minimum atomic E-state index is 0.750. The summed E-state index contributed by atoms with van der Waals surface area (Å²) < 4.78 is 0. The third kappa shape index (κ3) is 26.0. The van der Waals surface area contributed by atoms with Gasteiger partial charge in [-0.2, -0.15) is 0 Å². The molecule has 0 spiro atoms. The van der Waals surface area contributed by atoms with Crippen LogP contribution in [-0.4, -0.2) is 25.4 Å². The van der Waals surface area contributed by atoms with Gasteiger partial charge in [-0.1, -0.05) is 0 Å². The molecule has 5 heteroatoms. The summed E-state index contributed by atoms with van der Waals surface area (Å²) in [6.07, 6.45) is 0.750. The van der Waals surface area contributed by atoms with Crippen molar-refractivity contribution in [3.8, 4) is 0 Å². The van der Waals surface area contributed by atoms with Crippen LogP contribution in [0.2, 0.25) is 0 Å². The second-order valence-corrected chi connectivity index (χ2v) is 9.06. The fourth-order valence-electron chi connectivity index (χ4n) is 0. The molecule has 0 aromatic heterocycles. The molecule has 1 amide bonds. The van der Waals surface area contributed by atoms with Crippen LogP contribution < -0.4 is 0 Å². The van der Waals surface area contributed by atoms with Gasteiger partial charge in [0.25, 0.3) is 0 Å². The second kappa shape index (κ2) is 11.3. The molecule has 0 bridgehead atoms. The number of carbonyl (C=O) groups is 1. The number of nitrogens with zero attached hydrogens (tertiary/aromatic N) is 1. The van der Waals surface area contributed by atoms with Crippen molar-refractivity contribution in [2.45, 2.75) is 0 Å². The molecule has 55 valence electrons. The monoisotopic (exact) mass is 390 g/mol. The first-order valence-corrected chi connectivity index (χ1v) is 7.69. The van der Waals surface area contributed by atoms with E-state index in [1.165, 1.54) is 4.90 Å². The Morgan fingerprint density at radius 1 is 1.50 bits per heavy atom. The number of hydrogen-bond donors (Lipinski definition) is 0. The number of hydrogen-bond acceptors (Lipinski definition) is 1. The van der Waals surface area contributed by atoms with Crippen LogP contribution in [0.4, 0.5) is 0 Å². The van der Waals surface area contributed by atoms with Gasteiger partial charge in [0.1, 0.15) is 0 Å². The average Bonchev–Trinajstić information content (AvgIpc) is 1.69. The SMILES string of the molecule is CN(C)C=O.[I][Cu][I]. The molecule has 0 rings (SSSR count). The Hall–Kier alpha value is 1.45. The molecule has 8 heavy (non-hydrogen) atoms. The molecule has 0 fully saturated rings. The van der Waals surface area contributed by atoms with Crippen LogP contribution in [0.15, 0.2) is 0 Å². The minimum absolute atomic E-state index is 0.750. The van der Waals surface area contributed by atoms with Crippen LogP contribution in [0.3, 0.4) is 0 Å². The van der Waals surface area contributed by atoms with Crippen molar-refractivity contribution in [2.24, 2.45) is 0 Å². The molecule has 0 aromatic carbocycles. The third-order valence-electron chi connectivity index (χ3n) is 0.211. The predicted molar refractivity (Wildman–Crippen MR) is 47.8 cm³/mol. The average molecular weight is 390 g/mol. The first-order chi connectivity index (χ1) is 3.68. The van der Waals surface area contributed by atoms with Crippen molar-refractivity contribution >= 4 is 47.1 Å². The predicted octanol–water partition coefficient (Wildman–Crippen LogP) is 1.47. The van der Waals surface area contributed by atoms with E-state index in [-0.39, 0.29) is 0 Å². The fourth-order valence-corrected chi connectivity index (χ4v) is 0. The van der Waals surface area contributed by atoms with Crippen molar-refractivity contribution in [1.82, 2.24) is 4.90 Å². The van der Waals surface area contributed by atoms with Gasteiger partial charge in [0.15, 0.2) is 0 Å². The summed E-state index contributed by atoms with van der Waals surface area (Å²) in [5.41, 5.74) is 0. The summed E-state index contributed by atoms with van der Waals surface area (Å²) in [5, 5.41) is 0.